The van der Waals surface area contributed by atoms with Crippen molar-refractivity contribution in [2.75, 3.05) is 6.61 Å². The summed E-state index contributed by atoms with van der Waals surface area (Å²) < 4.78 is 7.84. The van der Waals surface area contributed by atoms with Gasteiger partial charge in [0.15, 0.2) is 0 Å². The SMILES string of the molecule is CCCc1nc2ccccc2n1C[C@@H](O)COc1cccc(C)c1. The third kappa shape index (κ3) is 3.77. The number of aromatic nitrogens is 2. The van der Waals surface area contributed by atoms with E-state index in [0.29, 0.717) is 6.54 Å². The van der Waals surface area contributed by atoms with E-state index in [4.69, 9.17) is 9.72 Å². The maximum absolute atomic E-state index is 10.4. The van der Waals surface area contributed by atoms with Crippen LogP contribution in [0, 0.1) is 6.92 Å². The number of fused-ring (bicyclic) bond motifs is 1. The summed E-state index contributed by atoms with van der Waals surface area (Å²) in [6.07, 6.45) is 1.35. The molecule has 126 valence electrons. The second kappa shape index (κ2) is 7.49. The van der Waals surface area contributed by atoms with E-state index in [2.05, 4.69) is 17.6 Å². The molecule has 0 aliphatic carbocycles. The van der Waals surface area contributed by atoms with E-state index in [9.17, 15) is 5.11 Å². The van der Waals surface area contributed by atoms with Crippen LogP contribution in [0.5, 0.6) is 5.75 Å². The summed E-state index contributed by atoms with van der Waals surface area (Å²) in [5, 5.41) is 10.4. The Labute approximate surface area is 142 Å². The van der Waals surface area contributed by atoms with Gasteiger partial charge in [0.1, 0.15) is 24.3 Å². The third-order valence-electron chi connectivity index (χ3n) is 4.03. The molecule has 2 aromatic carbocycles. The minimum Gasteiger partial charge on any atom is -0.491 e. The summed E-state index contributed by atoms with van der Waals surface area (Å²) in [4.78, 5) is 4.70. The molecule has 1 aromatic heterocycles. The summed E-state index contributed by atoms with van der Waals surface area (Å²) >= 11 is 0. The molecule has 1 heterocycles. The summed E-state index contributed by atoms with van der Waals surface area (Å²) in [6.45, 7) is 4.92. The van der Waals surface area contributed by atoms with E-state index in [-0.39, 0.29) is 6.61 Å². The lowest BCUT2D eigenvalue weighted by Crippen LogP contribution is -2.24. The zero-order valence-corrected chi connectivity index (χ0v) is 14.3. The van der Waals surface area contributed by atoms with Gasteiger partial charge in [0, 0.05) is 6.42 Å². The van der Waals surface area contributed by atoms with Crippen molar-refractivity contribution >= 4 is 11.0 Å². The van der Waals surface area contributed by atoms with Gasteiger partial charge < -0.3 is 14.4 Å². The molecule has 0 bridgehead atoms. The molecule has 0 fully saturated rings. The largest absolute Gasteiger partial charge is 0.491 e. The van der Waals surface area contributed by atoms with Gasteiger partial charge >= 0.3 is 0 Å². The Bertz CT molecular complexity index is 810. The number of benzene rings is 2. The van der Waals surface area contributed by atoms with Crippen molar-refractivity contribution in [2.45, 2.75) is 39.3 Å². The number of imidazole rings is 1. The minimum absolute atomic E-state index is 0.265. The molecular formula is C20H24N2O2. The molecule has 0 unspecified atom stereocenters. The molecule has 0 aliphatic rings. The van der Waals surface area contributed by atoms with Crippen LogP contribution in [0.1, 0.15) is 24.7 Å². The molecule has 3 aromatic rings. The first-order chi connectivity index (χ1) is 11.7. The van der Waals surface area contributed by atoms with Crippen molar-refractivity contribution < 1.29 is 9.84 Å². The van der Waals surface area contributed by atoms with Crippen LogP contribution in [0.3, 0.4) is 0 Å². The molecule has 0 saturated heterocycles. The number of rotatable bonds is 7. The quantitative estimate of drug-likeness (QED) is 0.720. The van der Waals surface area contributed by atoms with Crippen LogP contribution in [0.4, 0.5) is 0 Å². The second-order valence-electron chi connectivity index (χ2n) is 6.16. The van der Waals surface area contributed by atoms with E-state index in [1.807, 2.05) is 49.4 Å². The molecule has 1 N–H and O–H groups in total. The van der Waals surface area contributed by atoms with Crippen LogP contribution in [0.25, 0.3) is 11.0 Å². The van der Waals surface area contributed by atoms with Gasteiger partial charge in [-0.3, -0.25) is 0 Å². The van der Waals surface area contributed by atoms with Crippen molar-refractivity contribution in [1.82, 2.24) is 9.55 Å². The predicted molar refractivity (Wildman–Crippen MR) is 96.4 cm³/mol. The molecule has 0 spiro atoms. The van der Waals surface area contributed by atoms with Gasteiger partial charge in [-0.05, 0) is 43.2 Å². The number of para-hydroxylation sites is 2. The highest BCUT2D eigenvalue weighted by Crippen LogP contribution is 2.18. The molecule has 4 nitrogen and oxygen atoms in total. The van der Waals surface area contributed by atoms with Crippen LogP contribution in [-0.4, -0.2) is 27.4 Å². The zero-order chi connectivity index (χ0) is 16.9. The predicted octanol–water partition coefficient (Wildman–Crippen LogP) is 3.74. The maximum Gasteiger partial charge on any atom is 0.119 e. The first-order valence-corrected chi connectivity index (χ1v) is 8.49. The first kappa shape index (κ1) is 16.5. The minimum atomic E-state index is -0.585. The van der Waals surface area contributed by atoms with E-state index in [1.165, 1.54) is 0 Å². The Kier molecular flexibility index (Phi) is 5.16. The maximum atomic E-state index is 10.4. The number of hydrogen-bond donors (Lipinski definition) is 1. The molecule has 4 heteroatoms. The van der Waals surface area contributed by atoms with Crippen molar-refractivity contribution in [3.8, 4) is 5.75 Å². The fourth-order valence-electron chi connectivity index (χ4n) is 2.90. The fraction of sp³-hybridized carbons (Fsp3) is 0.350. The average Bonchev–Trinajstić information content (AvgIpc) is 2.91. The molecule has 1 atom stereocenters. The first-order valence-electron chi connectivity index (χ1n) is 8.49. The smallest absolute Gasteiger partial charge is 0.119 e. The Morgan fingerprint density at radius 1 is 1.17 bits per heavy atom. The molecule has 0 amide bonds. The number of aliphatic hydroxyl groups is 1. The monoisotopic (exact) mass is 324 g/mol. The van der Waals surface area contributed by atoms with Crippen molar-refractivity contribution in [3.05, 3.63) is 59.9 Å². The summed E-state index contributed by atoms with van der Waals surface area (Å²) in [6, 6.07) is 15.9. The number of ether oxygens (including phenoxy) is 1. The average molecular weight is 324 g/mol. The van der Waals surface area contributed by atoms with Gasteiger partial charge in [-0.15, -0.1) is 0 Å². The molecular weight excluding hydrogens is 300 g/mol. The topological polar surface area (TPSA) is 47.3 Å². The van der Waals surface area contributed by atoms with Crippen LogP contribution in [-0.2, 0) is 13.0 Å². The number of nitrogens with zero attached hydrogens (tertiary/aromatic N) is 2. The number of aliphatic hydroxyl groups excluding tert-OH is 1. The fourth-order valence-corrected chi connectivity index (χ4v) is 2.90. The summed E-state index contributed by atoms with van der Waals surface area (Å²) in [7, 11) is 0. The van der Waals surface area contributed by atoms with Crippen LogP contribution < -0.4 is 4.74 Å². The Morgan fingerprint density at radius 3 is 2.79 bits per heavy atom. The molecule has 3 rings (SSSR count). The Hall–Kier alpha value is -2.33. The molecule has 0 radical (unpaired) electrons. The van der Waals surface area contributed by atoms with Crippen LogP contribution in [0.2, 0.25) is 0 Å². The lowest BCUT2D eigenvalue weighted by Gasteiger charge is -2.16. The van der Waals surface area contributed by atoms with Gasteiger partial charge in [0.25, 0.3) is 0 Å². The lowest BCUT2D eigenvalue weighted by atomic mass is 10.2. The van der Waals surface area contributed by atoms with Gasteiger partial charge in [-0.25, -0.2) is 4.98 Å². The lowest BCUT2D eigenvalue weighted by molar-refractivity contribution is 0.0927. The van der Waals surface area contributed by atoms with Crippen molar-refractivity contribution in [3.63, 3.8) is 0 Å². The summed E-state index contributed by atoms with van der Waals surface area (Å²) in [5.41, 5.74) is 3.19. The van der Waals surface area contributed by atoms with Gasteiger partial charge in [-0.2, -0.15) is 0 Å². The number of hydrogen-bond acceptors (Lipinski definition) is 3. The highest BCUT2D eigenvalue weighted by atomic mass is 16.5. The Morgan fingerprint density at radius 2 is 2.00 bits per heavy atom. The Balaban J connectivity index is 1.72. The zero-order valence-electron chi connectivity index (χ0n) is 14.3. The second-order valence-corrected chi connectivity index (χ2v) is 6.16. The number of aryl methyl sites for hydroxylation is 2. The highest BCUT2D eigenvalue weighted by Gasteiger charge is 2.14. The van der Waals surface area contributed by atoms with Crippen molar-refractivity contribution in [1.29, 1.82) is 0 Å². The van der Waals surface area contributed by atoms with E-state index in [1.54, 1.807) is 0 Å². The van der Waals surface area contributed by atoms with Gasteiger partial charge in [0.05, 0.1) is 17.6 Å². The highest BCUT2D eigenvalue weighted by molar-refractivity contribution is 5.75. The van der Waals surface area contributed by atoms with Crippen LogP contribution >= 0.6 is 0 Å². The standard InChI is InChI=1S/C20H24N2O2/c1-3-7-20-21-18-10-4-5-11-19(18)22(20)13-16(23)14-24-17-9-6-8-15(2)12-17/h4-6,8-12,16,23H,3,7,13-14H2,1-2H3/t16-/m1/s1. The molecule has 24 heavy (non-hydrogen) atoms. The van der Waals surface area contributed by atoms with Crippen molar-refractivity contribution in [2.24, 2.45) is 0 Å². The summed E-state index contributed by atoms with van der Waals surface area (Å²) in [5.74, 6) is 1.81. The normalized spacial score (nSPS) is 12.5. The van der Waals surface area contributed by atoms with E-state index in [0.717, 1.165) is 41.0 Å². The van der Waals surface area contributed by atoms with E-state index >= 15 is 0 Å². The van der Waals surface area contributed by atoms with E-state index < -0.39 is 6.10 Å². The van der Waals surface area contributed by atoms with Crippen LogP contribution in [0.15, 0.2) is 48.5 Å². The third-order valence-corrected chi connectivity index (χ3v) is 4.03. The molecule has 0 saturated carbocycles. The molecule has 0 aliphatic heterocycles. The van der Waals surface area contributed by atoms with Gasteiger partial charge in [0.2, 0.25) is 0 Å². The van der Waals surface area contributed by atoms with Gasteiger partial charge in [-0.1, -0.05) is 31.2 Å².